The minimum absolute atomic E-state index is 0.0985. The van der Waals surface area contributed by atoms with Crippen LogP contribution in [0.25, 0.3) is 0 Å². The van der Waals surface area contributed by atoms with Gasteiger partial charge in [-0.1, -0.05) is 61.4 Å². The van der Waals surface area contributed by atoms with Crippen LogP contribution in [0.1, 0.15) is 43.7 Å². The van der Waals surface area contributed by atoms with Crippen molar-refractivity contribution in [3.63, 3.8) is 0 Å². The Morgan fingerprint density at radius 2 is 1.72 bits per heavy atom. The lowest BCUT2D eigenvalue weighted by Gasteiger charge is -2.29. The van der Waals surface area contributed by atoms with Gasteiger partial charge in [0.25, 0.3) is 5.91 Å². The number of benzene rings is 2. The van der Waals surface area contributed by atoms with E-state index in [0.29, 0.717) is 12.3 Å². The number of aryl methyl sites for hydroxylation is 1. The Bertz CT molecular complexity index is 816. The maximum absolute atomic E-state index is 13.0. The van der Waals surface area contributed by atoms with E-state index in [1.807, 2.05) is 61.5 Å². The third-order valence-corrected chi connectivity index (χ3v) is 5.51. The molecule has 1 saturated carbocycles. The Kier molecular flexibility index (Phi) is 7.28. The molecule has 0 aliphatic heterocycles. The number of nitrogens with zero attached hydrogens (tertiary/aromatic N) is 1. The molecule has 1 atom stereocenters. The van der Waals surface area contributed by atoms with Crippen molar-refractivity contribution in [3.8, 4) is 5.75 Å². The number of carbonyl (C=O) groups excluding carboxylic acids is 2. The number of ether oxygens (including phenoxy) is 1. The summed E-state index contributed by atoms with van der Waals surface area (Å²) >= 11 is 0. The summed E-state index contributed by atoms with van der Waals surface area (Å²) in [5, 5.41) is 3.11. The largest absolute Gasteiger partial charge is 0.484 e. The second-order valence-electron chi connectivity index (χ2n) is 7.73. The fraction of sp³-hybridized carbons (Fsp3) is 0.417. The Hall–Kier alpha value is -2.82. The van der Waals surface area contributed by atoms with Crippen molar-refractivity contribution < 1.29 is 14.3 Å². The van der Waals surface area contributed by atoms with Gasteiger partial charge in [-0.2, -0.15) is 0 Å². The number of hydrogen-bond donors (Lipinski definition) is 1. The summed E-state index contributed by atoms with van der Waals surface area (Å²) in [6.45, 7) is 4.01. The molecule has 0 bridgehead atoms. The van der Waals surface area contributed by atoms with E-state index in [4.69, 9.17) is 4.74 Å². The average Bonchev–Trinajstić information content (AvgIpc) is 3.24. The van der Waals surface area contributed by atoms with Crippen LogP contribution in [0.4, 0.5) is 0 Å². The monoisotopic (exact) mass is 394 g/mol. The standard InChI is InChI=1S/C24H30N2O3/c1-18-10-6-9-15-22(18)29-17-23(27)26(16-20-11-4-3-5-12-20)19(2)24(28)25-21-13-7-8-14-21/h3-6,9-12,15,19,21H,7-8,13-14,16-17H2,1-2H3,(H,25,28). The molecule has 2 amide bonds. The SMILES string of the molecule is Cc1ccccc1OCC(=O)N(Cc1ccccc1)C(C)C(=O)NC1CCCC1. The molecule has 0 spiro atoms. The predicted molar refractivity (Wildman–Crippen MR) is 114 cm³/mol. The van der Waals surface area contributed by atoms with E-state index in [9.17, 15) is 9.59 Å². The fourth-order valence-electron chi connectivity index (χ4n) is 3.70. The van der Waals surface area contributed by atoms with Crippen LogP contribution in [-0.2, 0) is 16.1 Å². The molecule has 154 valence electrons. The maximum Gasteiger partial charge on any atom is 0.261 e. The zero-order valence-corrected chi connectivity index (χ0v) is 17.3. The molecule has 1 N–H and O–H groups in total. The van der Waals surface area contributed by atoms with Gasteiger partial charge in [0.1, 0.15) is 11.8 Å². The number of carbonyl (C=O) groups is 2. The molecule has 1 aliphatic carbocycles. The number of nitrogens with one attached hydrogen (secondary N) is 1. The Labute approximate surface area is 173 Å². The van der Waals surface area contributed by atoms with E-state index in [-0.39, 0.29) is 24.5 Å². The molecular weight excluding hydrogens is 364 g/mol. The molecule has 0 saturated heterocycles. The van der Waals surface area contributed by atoms with Gasteiger partial charge in [0.05, 0.1) is 0 Å². The molecule has 29 heavy (non-hydrogen) atoms. The summed E-state index contributed by atoms with van der Waals surface area (Å²) < 4.78 is 5.76. The quantitative estimate of drug-likeness (QED) is 0.740. The van der Waals surface area contributed by atoms with Crippen LogP contribution in [0.3, 0.4) is 0 Å². The van der Waals surface area contributed by atoms with E-state index in [2.05, 4.69) is 5.32 Å². The summed E-state index contributed by atoms with van der Waals surface area (Å²) in [6.07, 6.45) is 4.33. The van der Waals surface area contributed by atoms with Gasteiger partial charge in [-0.3, -0.25) is 9.59 Å². The topological polar surface area (TPSA) is 58.6 Å². The molecule has 1 fully saturated rings. The third kappa shape index (κ3) is 5.83. The van der Waals surface area contributed by atoms with Gasteiger partial charge in [0.15, 0.2) is 6.61 Å². The molecule has 0 heterocycles. The van der Waals surface area contributed by atoms with Crippen molar-refractivity contribution in [3.05, 3.63) is 65.7 Å². The summed E-state index contributed by atoms with van der Waals surface area (Å²) in [5.74, 6) is 0.381. The molecule has 2 aromatic carbocycles. The first kappa shape index (κ1) is 20.9. The van der Waals surface area contributed by atoms with E-state index < -0.39 is 6.04 Å². The molecule has 1 unspecified atom stereocenters. The van der Waals surface area contributed by atoms with Crippen LogP contribution < -0.4 is 10.1 Å². The molecule has 5 nitrogen and oxygen atoms in total. The van der Waals surface area contributed by atoms with Crippen LogP contribution in [0, 0.1) is 6.92 Å². The normalized spacial score (nSPS) is 15.0. The number of para-hydroxylation sites is 1. The summed E-state index contributed by atoms with van der Waals surface area (Å²) in [7, 11) is 0. The lowest BCUT2D eigenvalue weighted by atomic mass is 10.1. The summed E-state index contributed by atoms with van der Waals surface area (Å²) in [5.41, 5.74) is 1.96. The van der Waals surface area contributed by atoms with E-state index in [1.54, 1.807) is 11.8 Å². The smallest absolute Gasteiger partial charge is 0.261 e. The van der Waals surface area contributed by atoms with Gasteiger partial charge in [0.2, 0.25) is 5.91 Å². The van der Waals surface area contributed by atoms with Crippen molar-refractivity contribution in [1.82, 2.24) is 10.2 Å². The fourth-order valence-corrected chi connectivity index (χ4v) is 3.70. The maximum atomic E-state index is 13.0. The Morgan fingerprint density at radius 1 is 1.07 bits per heavy atom. The Morgan fingerprint density at radius 3 is 2.41 bits per heavy atom. The highest BCUT2D eigenvalue weighted by Gasteiger charge is 2.28. The number of rotatable bonds is 8. The second-order valence-corrected chi connectivity index (χ2v) is 7.73. The van der Waals surface area contributed by atoms with Crippen molar-refractivity contribution in [2.75, 3.05) is 6.61 Å². The lowest BCUT2D eigenvalue weighted by Crippen LogP contribution is -2.50. The molecular formula is C24H30N2O3. The zero-order chi connectivity index (χ0) is 20.6. The second kappa shape index (κ2) is 10.1. The molecule has 0 aromatic heterocycles. The molecule has 2 aromatic rings. The first-order valence-electron chi connectivity index (χ1n) is 10.4. The van der Waals surface area contributed by atoms with Gasteiger partial charge >= 0.3 is 0 Å². The first-order valence-corrected chi connectivity index (χ1v) is 10.4. The van der Waals surface area contributed by atoms with Gasteiger partial charge in [-0.25, -0.2) is 0 Å². The van der Waals surface area contributed by atoms with Crippen molar-refractivity contribution in [1.29, 1.82) is 0 Å². The van der Waals surface area contributed by atoms with Crippen molar-refractivity contribution in [2.45, 2.75) is 58.2 Å². The summed E-state index contributed by atoms with van der Waals surface area (Å²) in [4.78, 5) is 27.5. The number of hydrogen-bond acceptors (Lipinski definition) is 3. The van der Waals surface area contributed by atoms with Gasteiger partial charge in [0, 0.05) is 12.6 Å². The first-order chi connectivity index (χ1) is 14.0. The van der Waals surface area contributed by atoms with E-state index in [0.717, 1.165) is 36.8 Å². The molecule has 1 aliphatic rings. The van der Waals surface area contributed by atoms with Crippen molar-refractivity contribution >= 4 is 11.8 Å². The van der Waals surface area contributed by atoms with Crippen LogP contribution in [0.2, 0.25) is 0 Å². The minimum atomic E-state index is -0.566. The van der Waals surface area contributed by atoms with Crippen LogP contribution in [0.15, 0.2) is 54.6 Å². The molecule has 0 radical (unpaired) electrons. The highest BCUT2D eigenvalue weighted by Crippen LogP contribution is 2.19. The minimum Gasteiger partial charge on any atom is -0.484 e. The van der Waals surface area contributed by atoms with Crippen LogP contribution in [0.5, 0.6) is 5.75 Å². The highest BCUT2D eigenvalue weighted by molar-refractivity contribution is 5.88. The van der Waals surface area contributed by atoms with Crippen LogP contribution >= 0.6 is 0 Å². The van der Waals surface area contributed by atoms with Crippen LogP contribution in [-0.4, -0.2) is 35.4 Å². The zero-order valence-electron chi connectivity index (χ0n) is 17.3. The third-order valence-electron chi connectivity index (χ3n) is 5.51. The summed E-state index contributed by atoms with van der Waals surface area (Å²) in [6, 6.07) is 17.0. The average molecular weight is 395 g/mol. The molecule has 3 rings (SSSR count). The Balaban J connectivity index is 1.69. The van der Waals surface area contributed by atoms with Gasteiger partial charge < -0.3 is 15.0 Å². The lowest BCUT2D eigenvalue weighted by molar-refractivity contribution is -0.142. The molecule has 5 heteroatoms. The highest BCUT2D eigenvalue weighted by atomic mass is 16.5. The predicted octanol–water partition coefficient (Wildman–Crippen LogP) is 3.85. The number of amides is 2. The van der Waals surface area contributed by atoms with E-state index in [1.165, 1.54) is 0 Å². The van der Waals surface area contributed by atoms with Gasteiger partial charge in [-0.05, 0) is 43.9 Å². The van der Waals surface area contributed by atoms with E-state index >= 15 is 0 Å². The van der Waals surface area contributed by atoms with Crippen molar-refractivity contribution in [2.24, 2.45) is 0 Å². The van der Waals surface area contributed by atoms with Gasteiger partial charge in [-0.15, -0.1) is 0 Å².